The van der Waals surface area contributed by atoms with Crippen LogP contribution in [0.15, 0.2) is 18.5 Å². The van der Waals surface area contributed by atoms with E-state index in [2.05, 4.69) is 9.88 Å². The van der Waals surface area contributed by atoms with Crippen LogP contribution in [0.5, 0.6) is 0 Å². The standard InChI is InChI=1S/C17H25N3O2/c1-13-10-18-6-4-16(13)17(22)20-8-7-19(11-14-2-3-14)15(12-20)5-9-21/h4,6,10,14-15,21H,2-3,5,7-9,11-12H2,1H3. The van der Waals surface area contributed by atoms with E-state index < -0.39 is 0 Å². The minimum absolute atomic E-state index is 0.0916. The monoisotopic (exact) mass is 303 g/mol. The van der Waals surface area contributed by atoms with Crippen molar-refractivity contribution in [2.45, 2.75) is 32.2 Å². The molecule has 5 nitrogen and oxygen atoms in total. The largest absolute Gasteiger partial charge is 0.396 e. The van der Waals surface area contributed by atoms with Crippen LogP contribution in [0.4, 0.5) is 0 Å². The summed E-state index contributed by atoms with van der Waals surface area (Å²) in [5.74, 6) is 0.930. The van der Waals surface area contributed by atoms with E-state index >= 15 is 0 Å². The zero-order chi connectivity index (χ0) is 15.5. The first-order chi connectivity index (χ1) is 10.7. The molecule has 0 bridgehead atoms. The first-order valence-electron chi connectivity index (χ1n) is 8.24. The molecule has 1 aromatic heterocycles. The van der Waals surface area contributed by atoms with Crippen LogP contribution < -0.4 is 0 Å². The Morgan fingerprint density at radius 3 is 2.91 bits per heavy atom. The first kappa shape index (κ1) is 15.4. The lowest BCUT2D eigenvalue weighted by Gasteiger charge is -2.41. The Balaban J connectivity index is 1.67. The molecule has 0 radical (unpaired) electrons. The molecule has 22 heavy (non-hydrogen) atoms. The third-order valence-corrected chi connectivity index (χ3v) is 4.79. The predicted molar refractivity (Wildman–Crippen MR) is 84.7 cm³/mol. The van der Waals surface area contributed by atoms with E-state index in [-0.39, 0.29) is 18.6 Å². The molecule has 2 heterocycles. The van der Waals surface area contributed by atoms with E-state index in [4.69, 9.17) is 0 Å². The molecular formula is C17H25N3O2. The van der Waals surface area contributed by atoms with E-state index in [0.717, 1.165) is 43.1 Å². The number of aliphatic hydroxyl groups is 1. The molecule has 1 saturated heterocycles. The topological polar surface area (TPSA) is 56.7 Å². The number of nitrogens with zero attached hydrogens (tertiary/aromatic N) is 3. The van der Waals surface area contributed by atoms with E-state index in [0.29, 0.717) is 6.54 Å². The van der Waals surface area contributed by atoms with Crippen molar-refractivity contribution >= 4 is 5.91 Å². The average molecular weight is 303 g/mol. The molecule has 2 fully saturated rings. The van der Waals surface area contributed by atoms with E-state index in [1.807, 2.05) is 11.8 Å². The van der Waals surface area contributed by atoms with Crippen molar-refractivity contribution in [3.8, 4) is 0 Å². The number of hydrogen-bond donors (Lipinski definition) is 1. The summed E-state index contributed by atoms with van der Waals surface area (Å²) in [6.07, 6.45) is 6.82. The number of carbonyl (C=O) groups is 1. The number of carbonyl (C=O) groups excluding carboxylic acids is 1. The minimum atomic E-state index is 0.0916. The summed E-state index contributed by atoms with van der Waals surface area (Å²) >= 11 is 0. The molecule has 1 unspecified atom stereocenters. The van der Waals surface area contributed by atoms with Crippen molar-refractivity contribution in [1.82, 2.24) is 14.8 Å². The van der Waals surface area contributed by atoms with Crippen LogP contribution in [0.1, 0.15) is 35.2 Å². The molecular weight excluding hydrogens is 278 g/mol. The van der Waals surface area contributed by atoms with Crippen molar-refractivity contribution in [1.29, 1.82) is 0 Å². The van der Waals surface area contributed by atoms with Crippen LogP contribution >= 0.6 is 0 Å². The van der Waals surface area contributed by atoms with Gasteiger partial charge in [0.25, 0.3) is 5.91 Å². The lowest BCUT2D eigenvalue weighted by atomic mass is 10.1. The van der Waals surface area contributed by atoms with Gasteiger partial charge in [-0.15, -0.1) is 0 Å². The molecule has 0 aromatic carbocycles. The van der Waals surface area contributed by atoms with Gasteiger partial charge in [0.15, 0.2) is 0 Å². The van der Waals surface area contributed by atoms with Crippen LogP contribution in [0.2, 0.25) is 0 Å². The van der Waals surface area contributed by atoms with Gasteiger partial charge in [-0.2, -0.15) is 0 Å². The molecule has 2 aliphatic rings. The zero-order valence-corrected chi connectivity index (χ0v) is 13.2. The Bertz CT molecular complexity index is 530. The molecule has 0 spiro atoms. The second kappa shape index (κ2) is 6.75. The fraction of sp³-hybridized carbons (Fsp3) is 0.647. The molecule has 1 N–H and O–H groups in total. The summed E-state index contributed by atoms with van der Waals surface area (Å²) < 4.78 is 0. The lowest BCUT2D eigenvalue weighted by molar-refractivity contribution is 0.0406. The van der Waals surface area contributed by atoms with Crippen molar-refractivity contribution in [2.75, 3.05) is 32.8 Å². The highest BCUT2D eigenvalue weighted by atomic mass is 16.3. The van der Waals surface area contributed by atoms with Gasteiger partial charge < -0.3 is 10.0 Å². The summed E-state index contributed by atoms with van der Waals surface area (Å²) in [4.78, 5) is 21.2. The fourth-order valence-corrected chi connectivity index (χ4v) is 3.26. The highest BCUT2D eigenvalue weighted by molar-refractivity contribution is 5.95. The quantitative estimate of drug-likeness (QED) is 0.891. The maximum absolute atomic E-state index is 12.7. The molecule has 3 rings (SSSR count). The van der Waals surface area contributed by atoms with Gasteiger partial charge in [0.1, 0.15) is 0 Å². The summed E-state index contributed by atoms with van der Waals surface area (Å²) in [5.41, 5.74) is 1.67. The Kier molecular flexibility index (Phi) is 4.74. The van der Waals surface area contributed by atoms with E-state index in [9.17, 15) is 9.90 Å². The Morgan fingerprint density at radius 2 is 2.23 bits per heavy atom. The maximum atomic E-state index is 12.7. The Morgan fingerprint density at radius 1 is 1.41 bits per heavy atom. The van der Waals surface area contributed by atoms with Gasteiger partial charge in [-0.05, 0) is 43.7 Å². The van der Waals surface area contributed by atoms with Crippen LogP contribution in [-0.2, 0) is 0 Å². The van der Waals surface area contributed by atoms with E-state index in [1.165, 1.54) is 12.8 Å². The van der Waals surface area contributed by atoms with Gasteiger partial charge in [0, 0.05) is 56.8 Å². The lowest BCUT2D eigenvalue weighted by Crippen LogP contribution is -2.55. The zero-order valence-electron chi connectivity index (χ0n) is 13.2. The SMILES string of the molecule is Cc1cnccc1C(=O)N1CCN(CC2CC2)C(CCO)C1. The van der Waals surface area contributed by atoms with Crippen molar-refractivity contribution in [2.24, 2.45) is 5.92 Å². The number of pyridine rings is 1. The number of aryl methyl sites for hydroxylation is 1. The number of aliphatic hydroxyl groups excluding tert-OH is 1. The molecule has 5 heteroatoms. The minimum Gasteiger partial charge on any atom is -0.396 e. The molecule has 1 atom stereocenters. The Labute approximate surface area is 131 Å². The highest BCUT2D eigenvalue weighted by Crippen LogP contribution is 2.31. The van der Waals surface area contributed by atoms with Crippen molar-refractivity contribution in [3.05, 3.63) is 29.6 Å². The van der Waals surface area contributed by atoms with Crippen LogP contribution in [0, 0.1) is 12.8 Å². The predicted octanol–water partition coefficient (Wildman–Crippen LogP) is 1.31. The highest BCUT2D eigenvalue weighted by Gasteiger charge is 2.33. The molecule has 120 valence electrons. The van der Waals surface area contributed by atoms with Gasteiger partial charge >= 0.3 is 0 Å². The second-order valence-electron chi connectivity index (χ2n) is 6.55. The summed E-state index contributed by atoms with van der Waals surface area (Å²) in [6.45, 7) is 5.64. The summed E-state index contributed by atoms with van der Waals surface area (Å²) in [5, 5.41) is 9.33. The third-order valence-electron chi connectivity index (χ3n) is 4.79. The van der Waals surface area contributed by atoms with Crippen molar-refractivity contribution < 1.29 is 9.90 Å². The number of amides is 1. The second-order valence-corrected chi connectivity index (χ2v) is 6.55. The molecule has 1 amide bonds. The smallest absolute Gasteiger partial charge is 0.254 e. The van der Waals surface area contributed by atoms with Gasteiger partial charge in [0.05, 0.1) is 0 Å². The third kappa shape index (κ3) is 3.47. The van der Waals surface area contributed by atoms with Crippen LogP contribution in [-0.4, -0.2) is 64.6 Å². The van der Waals surface area contributed by atoms with Gasteiger partial charge in [-0.3, -0.25) is 14.7 Å². The van der Waals surface area contributed by atoms with Crippen molar-refractivity contribution in [3.63, 3.8) is 0 Å². The fourth-order valence-electron chi connectivity index (χ4n) is 3.26. The van der Waals surface area contributed by atoms with Crippen LogP contribution in [0.25, 0.3) is 0 Å². The number of aromatic nitrogens is 1. The van der Waals surface area contributed by atoms with Gasteiger partial charge in [-0.1, -0.05) is 0 Å². The van der Waals surface area contributed by atoms with Crippen LogP contribution in [0.3, 0.4) is 0 Å². The summed E-state index contributed by atoms with van der Waals surface area (Å²) in [6, 6.07) is 2.08. The molecule has 1 saturated carbocycles. The summed E-state index contributed by atoms with van der Waals surface area (Å²) in [7, 11) is 0. The molecule has 1 aliphatic carbocycles. The first-order valence-corrected chi connectivity index (χ1v) is 8.24. The van der Waals surface area contributed by atoms with Gasteiger partial charge in [-0.25, -0.2) is 0 Å². The average Bonchev–Trinajstić information content (AvgIpc) is 3.33. The number of rotatable bonds is 5. The normalized spacial score (nSPS) is 22.8. The molecule has 1 aliphatic heterocycles. The van der Waals surface area contributed by atoms with Gasteiger partial charge in [0.2, 0.25) is 0 Å². The Hall–Kier alpha value is -1.46. The number of hydrogen-bond acceptors (Lipinski definition) is 4. The maximum Gasteiger partial charge on any atom is 0.254 e. The van der Waals surface area contributed by atoms with E-state index in [1.54, 1.807) is 18.5 Å². The molecule has 1 aromatic rings. The number of piperazine rings is 1.